The lowest BCUT2D eigenvalue weighted by Crippen LogP contribution is -2.13. The second kappa shape index (κ2) is 5.84. The molecule has 1 unspecified atom stereocenters. The lowest BCUT2D eigenvalue weighted by Gasteiger charge is -2.11. The van der Waals surface area contributed by atoms with Gasteiger partial charge in [-0.05, 0) is 19.9 Å². The van der Waals surface area contributed by atoms with Gasteiger partial charge in [-0.15, -0.1) is 10.2 Å². The summed E-state index contributed by atoms with van der Waals surface area (Å²) in [5.41, 5.74) is 0.646. The summed E-state index contributed by atoms with van der Waals surface area (Å²) in [6, 6.07) is 1.80. The molecule has 7 nitrogen and oxygen atoms in total. The van der Waals surface area contributed by atoms with Crippen molar-refractivity contribution in [3.8, 4) is 11.5 Å². The average molecular weight is 334 g/mol. The van der Waals surface area contributed by atoms with Crippen molar-refractivity contribution in [2.24, 2.45) is 0 Å². The largest absolute Gasteiger partial charge is 0.469 e. The first-order chi connectivity index (χ1) is 10.8. The third-order valence-electron chi connectivity index (χ3n) is 3.23. The molecular formula is C15H18N4O3S. The van der Waals surface area contributed by atoms with Gasteiger partial charge in [0, 0.05) is 5.41 Å². The third kappa shape index (κ3) is 3.31. The Morgan fingerprint density at radius 2 is 2.00 bits per heavy atom. The van der Waals surface area contributed by atoms with E-state index in [-0.39, 0.29) is 10.7 Å². The molecule has 122 valence electrons. The highest BCUT2D eigenvalue weighted by Gasteiger charge is 2.25. The fraction of sp³-hybridized carbons (Fsp3) is 0.467. The van der Waals surface area contributed by atoms with Crippen LogP contribution in [0.3, 0.4) is 0 Å². The normalized spacial score (nSPS) is 13.4. The van der Waals surface area contributed by atoms with E-state index < -0.39 is 0 Å². The number of aryl methyl sites for hydroxylation is 1. The van der Waals surface area contributed by atoms with E-state index in [0.717, 1.165) is 11.3 Å². The van der Waals surface area contributed by atoms with Crippen LogP contribution in [0, 0.1) is 6.92 Å². The van der Waals surface area contributed by atoms with E-state index in [9.17, 15) is 0 Å². The molecule has 0 aliphatic carbocycles. The van der Waals surface area contributed by atoms with E-state index >= 15 is 0 Å². The number of nitrogens with zero attached hydrogens (tertiary/aromatic N) is 4. The standard InChI is InChI=1S/C15H18N4O3S/c1-8-10(6-7-20-8)12-17-18-14(21-12)23-9(2)11-16-13(19-22-11)15(3,4)5/h6-7,9H,1-5H3. The number of hydrogen-bond acceptors (Lipinski definition) is 8. The predicted molar refractivity (Wildman–Crippen MR) is 84.0 cm³/mol. The van der Waals surface area contributed by atoms with Gasteiger partial charge in [0.25, 0.3) is 11.1 Å². The van der Waals surface area contributed by atoms with Crippen molar-refractivity contribution in [1.82, 2.24) is 20.3 Å². The fourth-order valence-corrected chi connectivity index (χ4v) is 2.59. The van der Waals surface area contributed by atoms with E-state index in [1.54, 1.807) is 12.3 Å². The van der Waals surface area contributed by atoms with Gasteiger partial charge in [0.05, 0.1) is 17.1 Å². The maximum atomic E-state index is 5.67. The molecule has 0 saturated heterocycles. The summed E-state index contributed by atoms with van der Waals surface area (Å²) in [5, 5.41) is 12.5. The minimum Gasteiger partial charge on any atom is -0.469 e. The van der Waals surface area contributed by atoms with E-state index in [0.29, 0.717) is 22.8 Å². The molecule has 0 N–H and O–H groups in total. The van der Waals surface area contributed by atoms with Crippen LogP contribution in [0.5, 0.6) is 0 Å². The third-order valence-corrected chi connectivity index (χ3v) is 4.16. The van der Waals surface area contributed by atoms with Gasteiger partial charge in [-0.1, -0.05) is 37.7 Å². The zero-order chi connectivity index (χ0) is 16.6. The van der Waals surface area contributed by atoms with Crippen LogP contribution in [0.25, 0.3) is 11.5 Å². The molecule has 3 aromatic rings. The topological polar surface area (TPSA) is 91.0 Å². The summed E-state index contributed by atoms with van der Waals surface area (Å²) in [6.45, 7) is 9.92. The van der Waals surface area contributed by atoms with Crippen LogP contribution in [0.2, 0.25) is 0 Å². The Bertz CT molecular complexity index is 800. The van der Waals surface area contributed by atoms with E-state index in [1.807, 2.05) is 34.6 Å². The van der Waals surface area contributed by atoms with Gasteiger partial charge >= 0.3 is 0 Å². The van der Waals surface area contributed by atoms with Gasteiger partial charge in [0.1, 0.15) is 5.76 Å². The number of thioether (sulfide) groups is 1. The van der Waals surface area contributed by atoms with Crippen LogP contribution in [0.1, 0.15) is 50.4 Å². The predicted octanol–water partition coefficient (Wildman–Crippen LogP) is 4.17. The highest BCUT2D eigenvalue weighted by atomic mass is 32.2. The highest BCUT2D eigenvalue weighted by Crippen LogP contribution is 2.35. The summed E-state index contributed by atoms with van der Waals surface area (Å²) in [4.78, 5) is 4.44. The SMILES string of the molecule is Cc1occc1-c1nnc(SC(C)c2nc(C(C)(C)C)no2)o1. The van der Waals surface area contributed by atoms with Crippen molar-refractivity contribution in [2.75, 3.05) is 0 Å². The first-order valence-electron chi connectivity index (χ1n) is 7.23. The van der Waals surface area contributed by atoms with Gasteiger partial charge < -0.3 is 13.4 Å². The maximum absolute atomic E-state index is 5.67. The molecule has 0 aromatic carbocycles. The Kier molecular flexibility index (Phi) is 4.01. The molecule has 0 amide bonds. The summed E-state index contributed by atoms with van der Waals surface area (Å²) >= 11 is 1.38. The second-order valence-electron chi connectivity index (χ2n) is 6.23. The Hall–Kier alpha value is -2.09. The van der Waals surface area contributed by atoms with Crippen LogP contribution in [-0.4, -0.2) is 20.3 Å². The number of furan rings is 1. The Morgan fingerprint density at radius 1 is 1.22 bits per heavy atom. The van der Waals surface area contributed by atoms with Crippen molar-refractivity contribution in [3.05, 3.63) is 29.8 Å². The van der Waals surface area contributed by atoms with Crippen LogP contribution < -0.4 is 0 Å². The minimum atomic E-state index is -0.150. The molecule has 0 aliphatic heterocycles. The molecule has 8 heteroatoms. The maximum Gasteiger partial charge on any atom is 0.277 e. The second-order valence-corrected chi connectivity index (χ2v) is 7.52. The molecule has 3 rings (SSSR count). The van der Waals surface area contributed by atoms with E-state index in [2.05, 4.69) is 20.3 Å². The van der Waals surface area contributed by atoms with Gasteiger partial charge in [0.15, 0.2) is 5.82 Å². The van der Waals surface area contributed by atoms with E-state index in [4.69, 9.17) is 13.4 Å². The summed E-state index contributed by atoms with van der Waals surface area (Å²) < 4.78 is 16.2. The monoisotopic (exact) mass is 334 g/mol. The molecule has 23 heavy (non-hydrogen) atoms. The number of rotatable bonds is 4. The molecule has 0 spiro atoms. The van der Waals surface area contributed by atoms with Crippen molar-refractivity contribution in [3.63, 3.8) is 0 Å². The van der Waals surface area contributed by atoms with Crippen LogP contribution in [-0.2, 0) is 5.41 Å². The quantitative estimate of drug-likeness (QED) is 0.656. The molecule has 0 bridgehead atoms. The van der Waals surface area contributed by atoms with Crippen molar-refractivity contribution in [2.45, 2.75) is 50.5 Å². The van der Waals surface area contributed by atoms with Crippen LogP contribution in [0.15, 0.2) is 30.9 Å². The fourth-order valence-electron chi connectivity index (χ4n) is 1.88. The summed E-state index contributed by atoms with van der Waals surface area (Å²) in [7, 11) is 0. The van der Waals surface area contributed by atoms with Crippen LogP contribution in [0.4, 0.5) is 0 Å². The Morgan fingerprint density at radius 3 is 2.61 bits per heavy atom. The summed E-state index contributed by atoms with van der Waals surface area (Å²) in [5.74, 6) is 2.40. The highest BCUT2D eigenvalue weighted by molar-refractivity contribution is 7.99. The first-order valence-corrected chi connectivity index (χ1v) is 8.11. The van der Waals surface area contributed by atoms with Crippen molar-refractivity contribution >= 4 is 11.8 Å². The lowest BCUT2D eigenvalue weighted by molar-refractivity contribution is 0.363. The summed E-state index contributed by atoms with van der Waals surface area (Å²) in [6.07, 6.45) is 1.59. The zero-order valence-corrected chi connectivity index (χ0v) is 14.5. The molecule has 0 fully saturated rings. The lowest BCUT2D eigenvalue weighted by atomic mass is 9.96. The van der Waals surface area contributed by atoms with Gasteiger partial charge in [-0.3, -0.25) is 0 Å². The molecular weight excluding hydrogens is 316 g/mol. The number of hydrogen-bond donors (Lipinski definition) is 0. The van der Waals surface area contributed by atoms with Crippen molar-refractivity contribution < 1.29 is 13.4 Å². The smallest absolute Gasteiger partial charge is 0.277 e. The van der Waals surface area contributed by atoms with E-state index in [1.165, 1.54) is 11.8 Å². The number of aromatic nitrogens is 4. The van der Waals surface area contributed by atoms with Gasteiger partial charge in [-0.2, -0.15) is 4.98 Å². The van der Waals surface area contributed by atoms with Crippen LogP contribution >= 0.6 is 11.8 Å². The molecule has 1 atom stereocenters. The molecule has 0 aliphatic rings. The molecule has 3 heterocycles. The molecule has 3 aromatic heterocycles. The first kappa shape index (κ1) is 15.8. The average Bonchev–Trinajstić information content (AvgIpc) is 3.16. The minimum absolute atomic E-state index is 0.0858. The zero-order valence-electron chi connectivity index (χ0n) is 13.7. The van der Waals surface area contributed by atoms with Gasteiger partial charge in [-0.25, -0.2) is 0 Å². The van der Waals surface area contributed by atoms with Crippen molar-refractivity contribution in [1.29, 1.82) is 0 Å². The molecule has 0 radical (unpaired) electrons. The Balaban J connectivity index is 1.73. The Labute approximate surface area is 137 Å². The van der Waals surface area contributed by atoms with Gasteiger partial charge in [0.2, 0.25) is 5.89 Å². The molecule has 0 saturated carbocycles.